The molecule has 1 unspecified atom stereocenters. The van der Waals surface area contributed by atoms with Crippen molar-refractivity contribution in [2.45, 2.75) is 19.9 Å². The van der Waals surface area contributed by atoms with Gasteiger partial charge in [0.15, 0.2) is 17.5 Å². The summed E-state index contributed by atoms with van der Waals surface area (Å²) in [6.07, 6.45) is -0.113. The van der Waals surface area contributed by atoms with E-state index < -0.39 is 29.3 Å². The molecule has 0 aromatic heterocycles. The van der Waals surface area contributed by atoms with E-state index in [1.165, 1.54) is 0 Å². The molecule has 0 spiro atoms. The van der Waals surface area contributed by atoms with Gasteiger partial charge in [0.2, 0.25) is 11.8 Å². The molecule has 0 saturated carbocycles. The Labute approximate surface area is 148 Å². The van der Waals surface area contributed by atoms with Crippen molar-refractivity contribution in [2.24, 2.45) is 5.92 Å². The van der Waals surface area contributed by atoms with E-state index in [0.29, 0.717) is 6.54 Å². The van der Waals surface area contributed by atoms with Crippen LogP contribution in [0.4, 0.5) is 18.9 Å². The summed E-state index contributed by atoms with van der Waals surface area (Å²) >= 11 is 0. The molecule has 26 heavy (non-hydrogen) atoms. The number of carbonyl (C=O) groups excluding carboxylic acids is 2. The summed E-state index contributed by atoms with van der Waals surface area (Å²) in [7, 11) is 0. The van der Waals surface area contributed by atoms with E-state index in [-0.39, 0.29) is 24.6 Å². The van der Waals surface area contributed by atoms with Crippen molar-refractivity contribution in [3.8, 4) is 0 Å². The lowest BCUT2D eigenvalue weighted by Gasteiger charge is -2.18. The van der Waals surface area contributed by atoms with Gasteiger partial charge in [-0.1, -0.05) is 29.8 Å². The van der Waals surface area contributed by atoms with E-state index in [9.17, 15) is 22.8 Å². The zero-order valence-corrected chi connectivity index (χ0v) is 14.1. The molecule has 1 N–H and O–H groups in total. The number of aryl methyl sites for hydroxylation is 1. The molecule has 4 nitrogen and oxygen atoms in total. The fourth-order valence-electron chi connectivity index (χ4n) is 3.00. The second-order valence-corrected chi connectivity index (χ2v) is 6.31. The highest BCUT2D eigenvalue weighted by molar-refractivity contribution is 6.00. The number of carbonyl (C=O) groups is 2. The van der Waals surface area contributed by atoms with Gasteiger partial charge in [0.05, 0.1) is 11.6 Å². The molecule has 136 valence electrons. The largest absolute Gasteiger partial charge is 0.352 e. The average Bonchev–Trinajstić information content (AvgIpc) is 2.99. The lowest BCUT2D eigenvalue weighted by Crippen LogP contribution is -2.33. The Hall–Kier alpha value is -2.83. The average molecular weight is 362 g/mol. The third kappa shape index (κ3) is 3.56. The molecule has 1 atom stereocenters. The van der Waals surface area contributed by atoms with Gasteiger partial charge in [-0.05, 0) is 24.6 Å². The van der Waals surface area contributed by atoms with Crippen LogP contribution in [0.25, 0.3) is 0 Å². The third-order valence-electron chi connectivity index (χ3n) is 4.35. The lowest BCUT2D eigenvalue weighted by molar-refractivity contribution is -0.126. The number of amides is 2. The van der Waals surface area contributed by atoms with Crippen molar-refractivity contribution >= 4 is 17.5 Å². The van der Waals surface area contributed by atoms with E-state index in [4.69, 9.17) is 0 Å². The van der Waals surface area contributed by atoms with Gasteiger partial charge < -0.3 is 10.2 Å². The highest BCUT2D eigenvalue weighted by atomic mass is 19.2. The summed E-state index contributed by atoms with van der Waals surface area (Å²) in [4.78, 5) is 25.4. The predicted molar refractivity (Wildman–Crippen MR) is 89.8 cm³/mol. The van der Waals surface area contributed by atoms with Gasteiger partial charge in [-0.2, -0.15) is 0 Å². The standard InChI is InChI=1S/C19H17F3N2O2/c1-11-3-2-4-12(7-11)9-23-19(26)13-8-16(25)24(10-13)15-6-5-14(20)17(21)18(15)22/h2-7,13H,8-10H2,1H3,(H,23,26). The maximum atomic E-state index is 13.9. The number of hydrogen-bond donors (Lipinski definition) is 1. The van der Waals surface area contributed by atoms with E-state index >= 15 is 0 Å². The first-order valence-electron chi connectivity index (χ1n) is 8.14. The van der Waals surface area contributed by atoms with Crippen LogP contribution in [0.2, 0.25) is 0 Å². The van der Waals surface area contributed by atoms with Crippen molar-refractivity contribution in [3.05, 3.63) is 65.0 Å². The highest BCUT2D eigenvalue weighted by Gasteiger charge is 2.36. The Morgan fingerprint density at radius 2 is 1.96 bits per heavy atom. The first-order chi connectivity index (χ1) is 12.4. The molecule has 1 saturated heterocycles. The predicted octanol–water partition coefficient (Wildman–Crippen LogP) is 3.08. The van der Waals surface area contributed by atoms with Crippen LogP contribution < -0.4 is 10.2 Å². The number of nitrogens with one attached hydrogen (secondary N) is 1. The minimum atomic E-state index is -1.64. The van der Waals surface area contributed by atoms with E-state index in [0.717, 1.165) is 28.2 Å². The fourth-order valence-corrected chi connectivity index (χ4v) is 3.00. The van der Waals surface area contributed by atoms with Crippen molar-refractivity contribution in [2.75, 3.05) is 11.4 Å². The number of halogens is 3. The second kappa shape index (κ2) is 7.19. The van der Waals surface area contributed by atoms with E-state index in [1.807, 2.05) is 31.2 Å². The van der Waals surface area contributed by atoms with Crippen LogP contribution >= 0.6 is 0 Å². The second-order valence-electron chi connectivity index (χ2n) is 6.31. The lowest BCUT2D eigenvalue weighted by atomic mass is 10.1. The van der Waals surface area contributed by atoms with Crippen LogP contribution in [0.15, 0.2) is 36.4 Å². The van der Waals surface area contributed by atoms with Gasteiger partial charge in [0, 0.05) is 19.5 Å². The van der Waals surface area contributed by atoms with Crippen molar-refractivity contribution in [3.63, 3.8) is 0 Å². The summed E-state index contributed by atoms with van der Waals surface area (Å²) < 4.78 is 40.4. The summed E-state index contributed by atoms with van der Waals surface area (Å²) in [6.45, 7) is 2.17. The van der Waals surface area contributed by atoms with Gasteiger partial charge in [-0.25, -0.2) is 13.2 Å². The quantitative estimate of drug-likeness (QED) is 0.850. The van der Waals surface area contributed by atoms with Crippen LogP contribution in [0.3, 0.4) is 0 Å². The SMILES string of the molecule is Cc1cccc(CNC(=O)C2CC(=O)N(c3ccc(F)c(F)c3F)C2)c1. The van der Waals surface area contributed by atoms with Crippen molar-refractivity contribution in [1.82, 2.24) is 5.32 Å². The first-order valence-corrected chi connectivity index (χ1v) is 8.14. The molecule has 2 amide bonds. The smallest absolute Gasteiger partial charge is 0.227 e. The van der Waals surface area contributed by atoms with Gasteiger partial charge in [-0.15, -0.1) is 0 Å². The third-order valence-corrected chi connectivity index (χ3v) is 4.35. The highest BCUT2D eigenvalue weighted by Crippen LogP contribution is 2.29. The van der Waals surface area contributed by atoms with Gasteiger partial charge in [-0.3, -0.25) is 9.59 Å². The summed E-state index contributed by atoms with van der Waals surface area (Å²) in [5.74, 6) is -5.93. The number of nitrogens with zero attached hydrogens (tertiary/aromatic N) is 1. The molecule has 0 radical (unpaired) electrons. The fraction of sp³-hybridized carbons (Fsp3) is 0.263. The molecular formula is C19H17F3N2O2. The minimum absolute atomic E-state index is 0.0829. The Kier molecular flexibility index (Phi) is 4.97. The topological polar surface area (TPSA) is 49.4 Å². The van der Waals surface area contributed by atoms with Crippen LogP contribution in [0, 0.1) is 30.3 Å². The number of hydrogen-bond acceptors (Lipinski definition) is 2. The molecule has 1 heterocycles. The summed E-state index contributed by atoms with van der Waals surface area (Å²) in [5.41, 5.74) is 1.63. The normalized spacial score (nSPS) is 16.8. The maximum absolute atomic E-state index is 13.9. The molecule has 0 aliphatic carbocycles. The molecule has 2 aromatic carbocycles. The monoisotopic (exact) mass is 362 g/mol. The first kappa shape index (κ1) is 18.0. The molecule has 7 heteroatoms. The minimum Gasteiger partial charge on any atom is -0.352 e. The zero-order chi connectivity index (χ0) is 18.8. The maximum Gasteiger partial charge on any atom is 0.227 e. The van der Waals surface area contributed by atoms with Crippen LogP contribution in [-0.2, 0) is 16.1 Å². The van der Waals surface area contributed by atoms with Gasteiger partial charge in [0.25, 0.3) is 0 Å². The number of benzene rings is 2. The zero-order valence-electron chi connectivity index (χ0n) is 14.1. The molecule has 1 aliphatic heterocycles. The summed E-state index contributed by atoms with van der Waals surface area (Å²) in [6, 6.07) is 9.38. The van der Waals surface area contributed by atoms with Gasteiger partial charge in [0.1, 0.15) is 0 Å². The van der Waals surface area contributed by atoms with Crippen molar-refractivity contribution in [1.29, 1.82) is 0 Å². The number of rotatable bonds is 4. The van der Waals surface area contributed by atoms with Crippen LogP contribution in [-0.4, -0.2) is 18.4 Å². The molecule has 1 fully saturated rings. The van der Waals surface area contributed by atoms with E-state index in [2.05, 4.69) is 5.32 Å². The van der Waals surface area contributed by atoms with Crippen LogP contribution in [0.1, 0.15) is 17.5 Å². The Morgan fingerprint density at radius 1 is 1.19 bits per heavy atom. The molecule has 0 bridgehead atoms. The Bertz CT molecular complexity index is 870. The molecule has 1 aliphatic rings. The Morgan fingerprint density at radius 3 is 2.69 bits per heavy atom. The Balaban J connectivity index is 1.67. The molecule has 2 aromatic rings. The van der Waals surface area contributed by atoms with E-state index in [1.54, 1.807) is 0 Å². The summed E-state index contributed by atoms with van der Waals surface area (Å²) in [5, 5.41) is 2.75. The van der Waals surface area contributed by atoms with Crippen LogP contribution in [0.5, 0.6) is 0 Å². The van der Waals surface area contributed by atoms with Crippen molar-refractivity contribution < 1.29 is 22.8 Å². The number of anilines is 1. The molecular weight excluding hydrogens is 345 g/mol. The van der Waals surface area contributed by atoms with Gasteiger partial charge >= 0.3 is 0 Å². The molecule has 3 rings (SSSR count).